The molecule has 1 amide bonds. The molecule has 0 aliphatic carbocycles. The Morgan fingerprint density at radius 3 is 2.91 bits per heavy atom. The van der Waals surface area contributed by atoms with Crippen molar-refractivity contribution in [2.24, 2.45) is 7.05 Å². The molecule has 3 rings (SSSR count). The van der Waals surface area contributed by atoms with Gasteiger partial charge in [0, 0.05) is 31.7 Å². The number of carbonyl (C=O) groups is 1. The molecule has 6 heteroatoms. The minimum Gasteiger partial charge on any atom is -0.466 e. The van der Waals surface area contributed by atoms with E-state index in [1.54, 1.807) is 0 Å². The van der Waals surface area contributed by atoms with Crippen LogP contribution in [-0.2, 0) is 18.3 Å². The fourth-order valence-electron chi connectivity index (χ4n) is 3.20. The van der Waals surface area contributed by atoms with Crippen molar-refractivity contribution in [3.63, 3.8) is 0 Å². The third-order valence-corrected chi connectivity index (χ3v) is 4.40. The summed E-state index contributed by atoms with van der Waals surface area (Å²) in [5.41, 5.74) is 2.90. The molecule has 2 aromatic heterocycles. The summed E-state index contributed by atoms with van der Waals surface area (Å²) >= 11 is 0. The van der Waals surface area contributed by atoms with Crippen LogP contribution in [0.2, 0.25) is 0 Å². The van der Waals surface area contributed by atoms with Crippen molar-refractivity contribution >= 4 is 5.91 Å². The number of aromatic nitrogens is 2. The first kappa shape index (κ1) is 15.8. The molecule has 23 heavy (non-hydrogen) atoms. The monoisotopic (exact) mass is 317 g/mol. The van der Waals surface area contributed by atoms with Crippen LogP contribution in [0.5, 0.6) is 0 Å². The lowest BCUT2D eigenvalue weighted by Crippen LogP contribution is -2.40. The molecule has 0 saturated heterocycles. The first-order chi connectivity index (χ1) is 11.0. The van der Waals surface area contributed by atoms with Gasteiger partial charge in [-0.05, 0) is 26.8 Å². The van der Waals surface area contributed by atoms with Gasteiger partial charge in [-0.1, -0.05) is 0 Å². The molecule has 0 fully saturated rings. The molecular weight excluding hydrogens is 294 g/mol. The fraction of sp³-hybridized carbons (Fsp3) is 0.529. The number of amides is 1. The van der Waals surface area contributed by atoms with Gasteiger partial charge in [0.15, 0.2) is 0 Å². The van der Waals surface area contributed by atoms with Crippen LogP contribution >= 0.6 is 0 Å². The zero-order chi connectivity index (χ0) is 16.6. The Bertz CT molecular complexity index is 717. The Morgan fingerprint density at radius 1 is 1.48 bits per heavy atom. The highest BCUT2D eigenvalue weighted by Crippen LogP contribution is 2.30. The summed E-state index contributed by atoms with van der Waals surface area (Å²) in [5, 5.41) is 4.35. The van der Waals surface area contributed by atoms with E-state index in [-0.39, 0.29) is 11.8 Å². The molecule has 0 N–H and O–H groups in total. The van der Waals surface area contributed by atoms with Crippen molar-refractivity contribution in [2.45, 2.75) is 33.2 Å². The molecule has 0 unspecified atom stereocenters. The van der Waals surface area contributed by atoms with Crippen molar-refractivity contribution < 1.29 is 13.9 Å². The van der Waals surface area contributed by atoms with Crippen molar-refractivity contribution in [1.82, 2.24) is 14.7 Å². The molecule has 6 nitrogen and oxygen atoms in total. The van der Waals surface area contributed by atoms with Gasteiger partial charge < -0.3 is 14.1 Å². The number of rotatable bonds is 4. The number of hydrogen-bond donors (Lipinski definition) is 0. The van der Waals surface area contributed by atoms with Gasteiger partial charge in [0.2, 0.25) is 0 Å². The first-order valence-electron chi connectivity index (χ1n) is 7.96. The molecule has 1 atom stereocenters. The van der Waals surface area contributed by atoms with Crippen molar-refractivity contribution in [1.29, 1.82) is 0 Å². The van der Waals surface area contributed by atoms with E-state index in [1.165, 1.54) is 5.56 Å². The fourth-order valence-corrected chi connectivity index (χ4v) is 3.20. The average Bonchev–Trinajstić information content (AvgIpc) is 3.06. The van der Waals surface area contributed by atoms with Crippen molar-refractivity contribution in [3.05, 3.63) is 40.6 Å². The van der Waals surface area contributed by atoms with E-state index in [0.29, 0.717) is 37.6 Å². The third-order valence-electron chi connectivity index (χ3n) is 4.40. The number of ether oxygens (including phenoxy) is 1. The smallest absolute Gasteiger partial charge is 0.257 e. The predicted octanol–water partition coefficient (Wildman–Crippen LogP) is 2.41. The molecule has 0 spiro atoms. The second-order valence-electron chi connectivity index (χ2n) is 6.04. The van der Waals surface area contributed by atoms with E-state index in [9.17, 15) is 4.79 Å². The van der Waals surface area contributed by atoms with Crippen molar-refractivity contribution in [3.8, 4) is 0 Å². The summed E-state index contributed by atoms with van der Waals surface area (Å²) in [6.07, 6.45) is 1.90. The lowest BCUT2D eigenvalue weighted by atomic mass is 9.95. The number of furan rings is 1. The summed E-state index contributed by atoms with van der Waals surface area (Å²) in [5.74, 6) is 1.59. The zero-order valence-electron chi connectivity index (χ0n) is 14.1. The maximum absolute atomic E-state index is 12.9. The Morgan fingerprint density at radius 2 is 2.26 bits per heavy atom. The van der Waals surface area contributed by atoms with Gasteiger partial charge in [0.1, 0.15) is 11.5 Å². The molecule has 2 aromatic rings. The standard InChI is InChI=1S/C17H23N3O3/c1-5-22-10-13-8-20(9-16-15(13)7-18-19(16)4)17(21)14-6-11(2)23-12(14)3/h6-7,13H,5,8-10H2,1-4H3/t13-/m1/s1. The summed E-state index contributed by atoms with van der Waals surface area (Å²) < 4.78 is 13.0. The van der Waals surface area contributed by atoms with Gasteiger partial charge in [-0.2, -0.15) is 5.10 Å². The Kier molecular flexibility index (Phi) is 4.26. The molecule has 124 valence electrons. The lowest BCUT2D eigenvalue weighted by Gasteiger charge is -2.32. The molecule has 0 saturated carbocycles. The maximum Gasteiger partial charge on any atom is 0.257 e. The highest BCUT2D eigenvalue weighted by Gasteiger charge is 2.32. The van der Waals surface area contributed by atoms with Crippen LogP contribution in [0.1, 0.15) is 46.0 Å². The highest BCUT2D eigenvalue weighted by molar-refractivity contribution is 5.95. The summed E-state index contributed by atoms with van der Waals surface area (Å²) in [6, 6.07) is 1.81. The molecule has 0 bridgehead atoms. The summed E-state index contributed by atoms with van der Waals surface area (Å²) in [4.78, 5) is 14.8. The number of carbonyl (C=O) groups excluding carboxylic acids is 1. The van der Waals surface area contributed by atoms with Crippen LogP contribution < -0.4 is 0 Å². The van der Waals surface area contributed by atoms with E-state index in [2.05, 4.69) is 5.10 Å². The molecular formula is C17H23N3O3. The van der Waals surface area contributed by atoms with E-state index < -0.39 is 0 Å². The van der Waals surface area contributed by atoms with Crippen LogP contribution in [0.3, 0.4) is 0 Å². The van der Waals surface area contributed by atoms with Gasteiger partial charge in [0.25, 0.3) is 5.91 Å². The molecule has 3 heterocycles. The van der Waals surface area contributed by atoms with Crippen LogP contribution in [0.4, 0.5) is 0 Å². The van der Waals surface area contributed by atoms with Crippen LogP contribution in [-0.4, -0.2) is 40.3 Å². The Labute approximate surface area is 136 Å². The number of aryl methyl sites for hydroxylation is 3. The minimum absolute atomic E-state index is 0.00713. The summed E-state index contributed by atoms with van der Waals surface area (Å²) in [6.45, 7) is 8.14. The SMILES string of the molecule is CCOC[C@H]1CN(C(=O)c2cc(C)oc2C)Cc2c1cnn2C. The van der Waals surface area contributed by atoms with Gasteiger partial charge in [0.05, 0.1) is 30.6 Å². The van der Waals surface area contributed by atoms with Crippen LogP contribution in [0, 0.1) is 13.8 Å². The van der Waals surface area contributed by atoms with Crippen molar-refractivity contribution in [2.75, 3.05) is 19.8 Å². The Hall–Kier alpha value is -2.08. The van der Waals surface area contributed by atoms with Gasteiger partial charge in [-0.25, -0.2) is 0 Å². The second kappa shape index (κ2) is 6.20. The summed E-state index contributed by atoms with van der Waals surface area (Å²) in [7, 11) is 1.91. The van der Waals surface area contributed by atoms with Crippen LogP contribution in [0.25, 0.3) is 0 Å². The molecule has 1 aliphatic rings. The predicted molar refractivity (Wildman–Crippen MR) is 85.4 cm³/mol. The second-order valence-corrected chi connectivity index (χ2v) is 6.04. The topological polar surface area (TPSA) is 60.5 Å². The zero-order valence-corrected chi connectivity index (χ0v) is 14.1. The normalized spacial score (nSPS) is 17.4. The highest BCUT2D eigenvalue weighted by atomic mass is 16.5. The van der Waals surface area contributed by atoms with Gasteiger partial charge in [-0.15, -0.1) is 0 Å². The Balaban J connectivity index is 1.88. The molecule has 1 aliphatic heterocycles. The number of hydrogen-bond acceptors (Lipinski definition) is 4. The quantitative estimate of drug-likeness (QED) is 0.869. The van der Waals surface area contributed by atoms with E-state index in [0.717, 1.165) is 11.5 Å². The lowest BCUT2D eigenvalue weighted by molar-refractivity contribution is 0.0647. The van der Waals surface area contributed by atoms with E-state index in [1.807, 2.05) is 49.7 Å². The van der Waals surface area contributed by atoms with Crippen LogP contribution in [0.15, 0.2) is 16.7 Å². The number of nitrogens with zero attached hydrogens (tertiary/aromatic N) is 3. The average molecular weight is 317 g/mol. The number of fused-ring (bicyclic) bond motifs is 1. The van der Waals surface area contributed by atoms with E-state index >= 15 is 0 Å². The van der Waals surface area contributed by atoms with E-state index in [4.69, 9.17) is 9.15 Å². The third kappa shape index (κ3) is 2.91. The first-order valence-corrected chi connectivity index (χ1v) is 7.96. The minimum atomic E-state index is 0.00713. The molecule has 0 radical (unpaired) electrons. The van der Waals surface area contributed by atoms with Gasteiger partial charge in [-0.3, -0.25) is 9.48 Å². The largest absolute Gasteiger partial charge is 0.466 e. The molecule has 0 aromatic carbocycles. The van der Waals surface area contributed by atoms with Gasteiger partial charge >= 0.3 is 0 Å². The maximum atomic E-state index is 12.9.